The van der Waals surface area contributed by atoms with Crippen LogP contribution in [0.25, 0.3) is 0 Å². The monoisotopic (exact) mass is 243 g/mol. The molecule has 0 spiro atoms. The Hall–Kier alpha value is -0.820. The molecule has 1 saturated carbocycles. The van der Waals surface area contributed by atoms with Gasteiger partial charge in [0.1, 0.15) is 0 Å². The number of fused-ring (bicyclic) bond motifs is 1. The molecule has 0 aromatic heterocycles. The third kappa shape index (κ3) is 2.09. The molecule has 3 atom stereocenters. The molecule has 1 fully saturated rings. The average molecular weight is 243 g/mol. The van der Waals surface area contributed by atoms with Gasteiger partial charge in [-0.1, -0.05) is 45.0 Å². The normalized spacial score (nSPS) is 29.3. The molecule has 1 N–H and O–H groups in total. The van der Waals surface area contributed by atoms with Crippen molar-refractivity contribution in [2.75, 3.05) is 6.54 Å². The summed E-state index contributed by atoms with van der Waals surface area (Å²) in [7, 11) is 0. The minimum atomic E-state index is 0.579. The van der Waals surface area contributed by atoms with Gasteiger partial charge < -0.3 is 5.32 Å². The maximum atomic E-state index is 3.73. The van der Waals surface area contributed by atoms with E-state index >= 15 is 0 Å². The predicted octanol–water partition coefficient (Wildman–Crippen LogP) is 3.74. The molecule has 2 aliphatic carbocycles. The fourth-order valence-electron chi connectivity index (χ4n) is 3.73. The zero-order valence-electron chi connectivity index (χ0n) is 11.9. The molecule has 98 valence electrons. The molecule has 1 nitrogen and oxygen atoms in total. The minimum Gasteiger partial charge on any atom is -0.314 e. The average Bonchev–Trinajstić information content (AvgIpc) is 2.94. The summed E-state index contributed by atoms with van der Waals surface area (Å²) >= 11 is 0. The van der Waals surface area contributed by atoms with Crippen molar-refractivity contribution in [2.24, 2.45) is 11.3 Å². The van der Waals surface area contributed by atoms with Gasteiger partial charge in [0, 0.05) is 6.04 Å². The lowest BCUT2D eigenvalue weighted by molar-refractivity contribution is 0.354. The van der Waals surface area contributed by atoms with Crippen molar-refractivity contribution in [1.82, 2.24) is 5.32 Å². The summed E-state index contributed by atoms with van der Waals surface area (Å²) < 4.78 is 0. The summed E-state index contributed by atoms with van der Waals surface area (Å²) in [5, 5.41) is 3.73. The van der Waals surface area contributed by atoms with Gasteiger partial charge in [0.05, 0.1) is 0 Å². The highest BCUT2D eigenvalue weighted by atomic mass is 14.9. The van der Waals surface area contributed by atoms with E-state index in [-0.39, 0.29) is 0 Å². The lowest BCUT2D eigenvalue weighted by Gasteiger charge is -2.34. The Labute approximate surface area is 111 Å². The van der Waals surface area contributed by atoms with Crippen molar-refractivity contribution in [3.05, 3.63) is 35.4 Å². The smallest absolute Gasteiger partial charge is 0.0106 e. The van der Waals surface area contributed by atoms with E-state index in [0.29, 0.717) is 5.41 Å². The zero-order chi connectivity index (χ0) is 12.8. The van der Waals surface area contributed by atoms with Gasteiger partial charge in [0.15, 0.2) is 0 Å². The van der Waals surface area contributed by atoms with Crippen LogP contribution in [0, 0.1) is 11.3 Å². The van der Waals surface area contributed by atoms with Crippen molar-refractivity contribution in [3.63, 3.8) is 0 Å². The Morgan fingerprint density at radius 1 is 1.33 bits per heavy atom. The summed E-state index contributed by atoms with van der Waals surface area (Å²) in [6.45, 7) is 8.16. The molecule has 2 aliphatic rings. The number of benzene rings is 1. The number of hydrogen-bond acceptors (Lipinski definition) is 1. The Balaban J connectivity index is 1.65. The molecule has 0 aliphatic heterocycles. The van der Waals surface area contributed by atoms with Gasteiger partial charge in [-0.15, -0.1) is 0 Å². The van der Waals surface area contributed by atoms with Crippen LogP contribution in [0.4, 0.5) is 0 Å². The van der Waals surface area contributed by atoms with Crippen LogP contribution in [0.3, 0.4) is 0 Å². The van der Waals surface area contributed by atoms with Crippen LogP contribution in [0.5, 0.6) is 0 Å². The second kappa shape index (κ2) is 4.38. The molecule has 0 heterocycles. The van der Waals surface area contributed by atoms with Crippen LogP contribution in [-0.4, -0.2) is 12.6 Å². The molecular formula is C17H25N. The summed E-state index contributed by atoms with van der Waals surface area (Å²) in [5.74, 6) is 1.70. The molecule has 1 aromatic rings. The molecule has 0 radical (unpaired) electrons. The summed E-state index contributed by atoms with van der Waals surface area (Å²) in [5.41, 5.74) is 3.77. The van der Waals surface area contributed by atoms with E-state index < -0.39 is 0 Å². The van der Waals surface area contributed by atoms with Crippen LogP contribution in [0.2, 0.25) is 0 Å². The first kappa shape index (κ1) is 12.2. The molecule has 3 rings (SSSR count). The Morgan fingerprint density at radius 3 is 2.67 bits per heavy atom. The predicted molar refractivity (Wildman–Crippen MR) is 76.9 cm³/mol. The van der Waals surface area contributed by atoms with Crippen LogP contribution in [0.1, 0.15) is 50.7 Å². The third-order valence-electron chi connectivity index (χ3n) is 5.04. The molecule has 1 heteroatoms. The van der Waals surface area contributed by atoms with Crippen LogP contribution >= 0.6 is 0 Å². The zero-order valence-corrected chi connectivity index (χ0v) is 11.9. The first-order chi connectivity index (χ1) is 8.62. The topological polar surface area (TPSA) is 12.0 Å². The molecule has 0 amide bonds. The standard InChI is InChI=1S/C17H25N/c1-4-18-16(15-11-17(15,2)3)10-13-9-12-7-5-6-8-14(12)13/h5-8,13,15-16,18H,4,9-11H2,1-3H3. The SMILES string of the molecule is CCNC(CC1Cc2ccccc21)C1CC1(C)C. The van der Waals surface area contributed by atoms with E-state index in [9.17, 15) is 0 Å². The summed E-state index contributed by atoms with van der Waals surface area (Å²) in [4.78, 5) is 0. The summed E-state index contributed by atoms with van der Waals surface area (Å²) in [6, 6.07) is 9.69. The van der Waals surface area contributed by atoms with E-state index in [2.05, 4.69) is 50.4 Å². The maximum Gasteiger partial charge on any atom is 0.0106 e. The van der Waals surface area contributed by atoms with Crippen molar-refractivity contribution in [3.8, 4) is 0 Å². The van der Waals surface area contributed by atoms with Gasteiger partial charge in [-0.3, -0.25) is 0 Å². The van der Waals surface area contributed by atoms with Gasteiger partial charge >= 0.3 is 0 Å². The molecule has 1 aromatic carbocycles. The van der Waals surface area contributed by atoms with Crippen molar-refractivity contribution >= 4 is 0 Å². The highest BCUT2D eigenvalue weighted by Gasteiger charge is 2.50. The van der Waals surface area contributed by atoms with Gasteiger partial charge in [-0.25, -0.2) is 0 Å². The number of hydrogen-bond donors (Lipinski definition) is 1. The quantitative estimate of drug-likeness (QED) is 0.830. The van der Waals surface area contributed by atoms with Gasteiger partial charge in [0.2, 0.25) is 0 Å². The van der Waals surface area contributed by atoms with E-state index in [1.54, 1.807) is 11.1 Å². The Morgan fingerprint density at radius 2 is 2.06 bits per heavy atom. The van der Waals surface area contributed by atoms with E-state index in [1.165, 1.54) is 19.3 Å². The molecule has 0 bridgehead atoms. The first-order valence-corrected chi connectivity index (χ1v) is 7.43. The van der Waals surface area contributed by atoms with Gasteiger partial charge in [-0.05, 0) is 54.2 Å². The van der Waals surface area contributed by atoms with Crippen molar-refractivity contribution in [2.45, 2.75) is 52.0 Å². The van der Waals surface area contributed by atoms with E-state index in [4.69, 9.17) is 0 Å². The molecule has 3 unspecified atom stereocenters. The second-order valence-corrected chi connectivity index (χ2v) is 6.80. The van der Waals surface area contributed by atoms with Crippen LogP contribution in [0.15, 0.2) is 24.3 Å². The fraction of sp³-hybridized carbons (Fsp3) is 0.647. The molecule has 18 heavy (non-hydrogen) atoms. The van der Waals surface area contributed by atoms with E-state index in [0.717, 1.165) is 24.4 Å². The van der Waals surface area contributed by atoms with E-state index in [1.807, 2.05) is 0 Å². The third-order valence-corrected chi connectivity index (χ3v) is 5.04. The lowest BCUT2D eigenvalue weighted by atomic mass is 9.73. The van der Waals surface area contributed by atoms with Crippen molar-refractivity contribution in [1.29, 1.82) is 0 Å². The largest absolute Gasteiger partial charge is 0.314 e. The Bertz CT molecular complexity index is 435. The van der Waals surface area contributed by atoms with Gasteiger partial charge in [-0.2, -0.15) is 0 Å². The molecule has 0 saturated heterocycles. The fourth-order valence-corrected chi connectivity index (χ4v) is 3.73. The van der Waals surface area contributed by atoms with Crippen LogP contribution in [-0.2, 0) is 6.42 Å². The summed E-state index contributed by atoms with van der Waals surface area (Å²) in [6.07, 6.45) is 4.03. The molecular weight excluding hydrogens is 218 g/mol. The van der Waals surface area contributed by atoms with Gasteiger partial charge in [0.25, 0.3) is 0 Å². The first-order valence-electron chi connectivity index (χ1n) is 7.43. The number of rotatable bonds is 5. The van der Waals surface area contributed by atoms with Crippen LogP contribution < -0.4 is 5.32 Å². The highest BCUT2D eigenvalue weighted by molar-refractivity contribution is 5.40. The second-order valence-electron chi connectivity index (χ2n) is 6.80. The minimum absolute atomic E-state index is 0.579. The van der Waals surface area contributed by atoms with Crippen molar-refractivity contribution < 1.29 is 0 Å². The Kier molecular flexibility index (Phi) is 2.97. The maximum absolute atomic E-state index is 3.73. The lowest BCUT2D eigenvalue weighted by Crippen LogP contribution is -2.36. The number of nitrogens with one attached hydrogen (secondary N) is 1. The highest BCUT2D eigenvalue weighted by Crippen LogP contribution is 2.55.